The predicted octanol–water partition coefficient (Wildman–Crippen LogP) is 2.71. The molecule has 3 unspecified atom stereocenters. The Morgan fingerprint density at radius 2 is 0.909 bits per heavy atom. The van der Waals surface area contributed by atoms with Crippen LogP contribution in [-0.4, -0.2) is 155 Å². The Labute approximate surface area is 325 Å². The first-order valence-corrected chi connectivity index (χ1v) is 18.8. The molecule has 3 atom stereocenters. The van der Waals surface area contributed by atoms with E-state index >= 15 is 0 Å². The van der Waals surface area contributed by atoms with Crippen molar-refractivity contribution in [1.82, 2.24) is 19.6 Å². The van der Waals surface area contributed by atoms with Gasteiger partial charge in [0.25, 0.3) is 0 Å². The van der Waals surface area contributed by atoms with Crippen molar-refractivity contribution in [3.8, 4) is 0 Å². The third kappa shape index (κ3) is 15.0. The van der Waals surface area contributed by atoms with E-state index in [0.717, 1.165) is 29.3 Å². The van der Waals surface area contributed by atoms with Gasteiger partial charge in [0.05, 0.1) is 66.4 Å². The van der Waals surface area contributed by atoms with Crippen molar-refractivity contribution >= 4 is 24.5 Å². The van der Waals surface area contributed by atoms with Crippen LogP contribution in [0, 0.1) is 0 Å². The van der Waals surface area contributed by atoms with Crippen LogP contribution in [0.25, 0.3) is 0 Å². The molecule has 1 fully saturated rings. The number of methoxy groups -OCH3 is 2. The molecule has 0 spiro atoms. The van der Waals surface area contributed by atoms with Crippen molar-refractivity contribution in [2.24, 2.45) is 0 Å². The predicted molar refractivity (Wildman–Crippen MR) is 207 cm³/mol. The van der Waals surface area contributed by atoms with E-state index in [1.165, 1.54) is 14.2 Å². The number of hydrogen-bond donors (Lipinski definition) is 0. The summed E-state index contributed by atoms with van der Waals surface area (Å²) in [5, 5.41) is 0. The average molecular weight is 761 g/mol. The van der Waals surface area contributed by atoms with Crippen molar-refractivity contribution in [1.29, 1.82) is 0 Å². The molecule has 0 aromatic heterocycles. The van der Waals surface area contributed by atoms with Crippen molar-refractivity contribution < 1.29 is 42.9 Å². The number of carbonyl (C=O) groups excluding carboxylic acids is 4. The van der Waals surface area contributed by atoms with E-state index in [0.29, 0.717) is 72.2 Å². The van der Waals surface area contributed by atoms with Crippen LogP contribution in [0.1, 0.15) is 16.7 Å². The summed E-state index contributed by atoms with van der Waals surface area (Å²) in [5.41, 5.74) is 2.95. The summed E-state index contributed by atoms with van der Waals surface area (Å²) in [6.45, 7) is 4.73. The lowest BCUT2D eigenvalue weighted by atomic mass is 10.2. The zero-order valence-corrected chi connectivity index (χ0v) is 32.1. The van der Waals surface area contributed by atoms with Crippen LogP contribution in [0.3, 0.4) is 0 Å². The van der Waals surface area contributed by atoms with Crippen molar-refractivity contribution in [3.63, 3.8) is 0 Å². The Hall–Kier alpha value is -4.34. The van der Waals surface area contributed by atoms with Crippen LogP contribution in [0.15, 0.2) is 91.0 Å². The summed E-state index contributed by atoms with van der Waals surface area (Å²) in [6, 6.07) is 27.1. The number of hydrogen-bond acceptors (Lipinski definition) is 13. The van der Waals surface area contributed by atoms with Crippen LogP contribution >= 0.6 is 0 Å². The van der Waals surface area contributed by atoms with Gasteiger partial charge in [-0.1, -0.05) is 91.0 Å². The number of carbonyl (C=O) groups is 4. The number of aldehydes is 2. The Balaban J connectivity index is 1.58. The van der Waals surface area contributed by atoms with Crippen molar-refractivity contribution in [2.45, 2.75) is 37.9 Å². The highest BCUT2D eigenvalue weighted by Crippen LogP contribution is 2.14. The first-order valence-electron chi connectivity index (χ1n) is 18.8. The molecule has 1 saturated heterocycles. The highest BCUT2D eigenvalue weighted by atomic mass is 16.5. The SMILES string of the molecule is COC(=O)C(COCc1ccccc1)N1CCN(CC=O)CCN(C(C=O)COCc2ccccc2)CCN(C(COCc2ccccc2)C(=O)OC)CC1. The molecule has 13 nitrogen and oxygen atoms in total. The molecule has 1 aliphatic heterocycles. The maximum absolute atomic E-state index is 13.5. The van der Waals surface area contributed by atoms with Gasteiger partial charge in [-0.05, 0) is 16.7 Å². The quantitative estimate of drug-likeness (QED) is 0.124. The monoisotopic (exact) mass is 760 g/mol. The van der Waals surface area contributed by atoms with Gasteiger partial charge in [-0.15, -0.1) is 0 Å². The van der Waals surface area contributed by atoms with E-state index < -0.39 is 30.1 Å². The second-order valence-electron chi connectivity index (χ2n) is 13.4. The number of rotatable bonds is 20. The lowest BCUT2D eigenvalue weighted by Crippen LogP contribution is -2.56. The highest BCUT2D eigenvalue weighted by Gasteiger charge is 2.33. The molecule has 0 bridgehead atoms. The Bertz CT molecular complexity index is 1540. The van der Waals surface area contributed by atoms with Gasteiger partial charge in [0.1, 0.15) is 24.7 Å². The first-order chi connectivity index (χ1) is 26.9. The Morgan fingerprint density at radius 3 is 1.29 bits per heavy atom. The number of benzene rings is 3. The van der Waals surface area contributed by atoms with E-state index in [4.69, 9.17) is 23.7 Å². The Kier molecular flexibility index (Phi) is 19.7. The van der Waals surface area contributed by atoms with E-state index in [2.05, 4.69) is 0 Å². The minimum atomic E-state index is -0.776. The normalized spacial score (nSPS) is 17.2. The molecular weight excluding hydrogens is 704 g/mol. The molecule has 0 aliphatic carbocycles. The standard InChI is InChI=1S/C42H56N4O9/c1-51-41(49)39(33-54-30-36-14-8-4-9-15-36)45-21-19-43(26-27-47)18-20-44(38(28-48)32-53-29-35-12-6-3-7-13-35)22-23-46(25-24-45)40(42(50)52-2)34-55-31-37-16-10-5-11-17-37/h3-17,27-28,38-40H,18-26,29-34H2,1-2H3. The van der Waals surface area contributed by atoms with Gasteiger partial charge in [-0.2, -0.15) is 0 Å². The third-order valence-corrected chi connectivity index (χ3v) is 9.72. The molecule has 0 saturated carbocycles. The molecule has 13 heteroatoms. The smallest absolute Gasteiger partial charge is 0.325 e. The third-order valence-electron chi connectivity index (χ3n) is 9.72. The summed E-state index contributed by atoms with van der Waals surface area (Å²) in [7, 11) is 2.71. The average Bonchev–Trinajstić information content (AvgIpc) is 3.22. The van der Waals surface area contributed by atoms with Gasteiger partial charge in [0, 0.05) is 52.4 Å². The molecule has 55 heavy (non-hydrogen) atoms. The first kappa shape index (κ1) is 43.4. The maximum atomic E-state index is 13.5. The van der Waals surface area contributed by atoms with Crippen LogP contribution < -0.4 is 0 Å². The zero-order valence-electron chi connectivity index (χ0n) is 32.1. The fourth-order valence-electron chi connectivity index (χ4n) is 6.49. The largest absolute Gasteiger partial charge is 0.468 e. The van der Waals surface area contributed by atoms with Gasteiger partial charge < -0.3 is 33.3 Å². The van der Waals surface area contributed by atoms with E-state index in [-0.39, 0.29) is 26.4 Å². The molecule has 3 aromatic carbocycles. The lowest BCUT2D eigenvalue weighted by Gasteiger charge is -2.38. The second kappa shape index (κ2) is 24.9. The molecule has 4 rings (SSSR count). The molecule has 0 N–H and O–H groups in total. The van der Waals surface area contributed by atoms with Gasteiger partial charge in [-0.25, -0.2) is 0 Å². The van der Waals surface area contributed by atoms with Crippen molar-refractivity contribution in [3.05, 3.63) is 108 Å². The maximum Gasteiger partial charge on any atom is 0.325 e. The molecular formula is C42H56N4O9. The van der Waals surface area contributed by atoms with Gasteiger partial charge >= 0.3 is 11.9 Å². The minimum Gasteiger partial charge on any atom is -0.468 e. The topological polar surface area (TPSA) is 127 Å². The molecule has 1 aliphatic rings. The van der Waals surface area contributed by atoms with Gasteiger partial charge in [-0.3, -0.25) is 29.2 Å². The zero-order chi connectivity index (χ0) is 39.1. The summed E-state index contributed by atoms with van der Waals surface area (Å²) in [5.74, 6) is -0.899. The second-order valence-corrected chi connectivity index (χ2v) is 13.4. The molecule has 298 valence electrons. The van der Waals surface area contributed by atoms with Crippen LogP contribution in [-0.2, 0) is 62.7 Å². The summed E-state index contributed by atoms with van der Waals surface area (Å²) >= 11 is 0. The fourth-order valence-corrected chi connectivity index (χ4v) is 6.49. The molecule has 0 amide bonds. The number of ether oxygens (including phenoxy) is 5. The Morgan fingerprint density at radius 1 is 0.545 bits per heavy atom. The molecule has 1 heterocycles. The van der Waals surface area contributed by atoms with Gasteiger partial charge in [0.15, 0.2) is 0 Å². The van der Waals surface area contributed by atoms with E-state index in [9.17, 15) is 19.2 Å². The highest BCUT2D eigenvalue weighted by molar-refractivity contribution is 5.76. The molecule has 0 radical (unpaired) electrons. The van der Waals surface area contributed by atoms with Crippen molar-refractivity contribution in [2.75, 3.05) is 92.9 Å². The summed E-state index contributed by atoms with van der Waals surface area (Å²) < 4.78 is 28.8. The summed E-state index contributed by atoms with van der Waals surface area (Å²) in [4.78, 5) is 59.3. The van der Waals surface area contributed by atoms with Crippen LogP contribution in [0.4, 0.5) is 0 Å². The summed E-state index contributed by atoms with van der Waals surface area (Å²) in [6.07, 6.45) is 1.75. The number of esters is 2. The number of nitrogens with zero attached hydrogens (tertiary/aromatic N) is 4. The van der Waals surface area contributed by atoms with E-state index in [1.807, 2.05) is 111 Å². The fraction of sp³-hybridized carbons (Fsp3) is 0.476. The van der Waals surface area contributed by atoms with Crippen LogP contribution in [0.5, 0.6) is 0 Å². The van der Waals surface area contributed by atoms with Crippen LogP contribution in [0.2, 0.25) is 0 Å². The van der Waals surface area contributed by atoms with E-state index in [1.54, 1.807) is 0 Å². The molecule has 3 aromatic rings. The lowest BCUT2D eigenvalue weighted by molar-refractivity contribution is -0.153. The minimum absolute atomic E-state index is 0.0621. The van der Waals surface area contributed by atoms with Gasteiger partial charge in [0.2, 0.25) is 0 Å².